The van der Waals surface area contributed by atoms with E-state index in [0.29, 0.717) is 12.0 Å². The molecule has 2 atom stereocenters. The predicted octanol–water partition coefficient (Wildman–Crippen LogP) is 1.87. The van der Waals surface area contributed by atoms with E-state index in [2.05, 4.69) is 20.8 Å². The molecule has 1 spiro atoms. The second kappa shape index (κ2) is 4.50. The molecule has 14 heavy (non-hydrogen) atoms. The molecule has 0 aromatic heterocycles. The topological polar surface area (TPSA) is 23.5 Å². The fourth-order valence-corrected chi connectivity index (χ4v) is 3.74. The first-order valence-corrected chi connectivity index (χ1v) is 6.79. The number of alkyl halides is 1. The van der Waals surface area contributed by atoms with E-state index < -0.39 is 0 Å². The third kappa shape index (κ3) is 2.15. The van der Waals surface area contributed by atoms with E-state index in [1.165, 1.54) is 44.1 Å². The Labute approximate surface area is 94.8 Å². The lowest BCUT2D eigenvalue weighted by molar-refractivity contribution is 0.199. The van der Waals surface area contributed by atoms with E-state index in [1.807, 2.05) is 0 Å². The molecular weight excluding hydrogens is 242 g/mol. The molecule has 1 heterocycles. The highest BCUT2D eigenvalue weighted by molar-refractivity contribution is 9.09. The molecule has 1 aliphatic carbocycles. The van der Waals surface area contributed by atoms with Gasteiger partial charge in [-0.05, 0) is 43.6 Å². The first-order chi connectivity index (χ1) is 6.78. The molecule has 2 aliphatic rings. The fraction of sp³-hybridized carbons (Fsp3) is 1.00. The summed E-state index contributed by atoms with van der Waals surface area (Å²) >= 11 is 3.60. The van der Waals surface area contributed by atoms with Gasteiger partial charge in [0.25, 0.3) is 0 Å². The minimum absolute atomic E-state index is 0.317. The summed E-state index contributed by atoms with van der Waals surface area (Å²) in [7, 11) is 0. The van der Waals surface area contributed by atoms with Crippen molar-refractivity contribution >= 4 is 15.9 Å². The zero-order valence-electron chi connectivity index (χ0n) is 8.71. The van der Waals surface area contributed by atoms with Crippen molar-refractivity contribution in [2.45, 2.75) is 25.7 Å². The van der Waals surface area contributed by atoms with Crippen molar-refractivity contribution in [3.05, 3.63) is 0 Å². The van der Waals surface area contributed by atoms with Gasteiger partial charge in [0.2, 0.25) is 0 Å². The molecule has 2 nitrogen and oxygen atoms in total. The summed E-state index contributed by atoms with van der Waals surface area (Å²) < 4.78 is 0. The Bertz CT molecular complexity index is 200. The SMILES string of the molecule is OCCN1CC[C@@]2(CC[C@H](CBr)C2)C1. The first-order valence-electron chi connectivity index (χ1n) is 5.67. The van der Waals surface area contributed by atoms with E-state index >= 15 is 0 Å². The summed E-state index contributed by atoms with van der Waals surface area (Å²) in [6.07, 6.45) is 5.57. The van der Waals surface area contributed by atoms with Crippen molar-refractivity contribution < 1.29 is 5.11 Å². The Hall–Kier alpha value is 0.400. The molecule has 3 heteroatoms. The van der Waals surface area contributed by atoms with Crippen LogP contribution in [0.2, 0.25) is 0 Å². The van der Waals surface area contributed by atoms with Crippen LogP contribution in [0.5, 0.6) is 0 Å². The van der Waals surface area contributed by atoms with Crippen molar-refractivity contribution in [3.63, 3.8) is 0 Å². The second-order valence-corrected chi connectivity index (χ2v) is 5.66. The molecule has 2 rings (SSSR count). The maximum atomic E-state index is 8.91. The lowest BCUT2D eigenvalue weighted by Gasteiger charge is -2.23. The molecule has 82 valence electrons. The third-order valence-electron chi connectivity index (χ3n) is 3.96. The third-order valence-corrected chi connectivity index (χ3v) is 4.87. The van der Waals surface area contributed by atoms with Gasteiger partial charge in [0.1, 0.15) is 0 Å². The van der Waals surface area contributed by atoms with E-state index in [9.17, 15) is 0 Å². The van der Waals surface area contributed by atoms with E-state index in [1.54, 1.807) is 0 Å². The number of hydrogen-bond donors (Lipinski definition) is 1. The van der Waals surface area contributed by atoms with Crippen LogP contribution in [0, 0.1) is 11.3 Å². The van der Waals surface area contributed by atoms with Gasteiger partial charge < -0.3 is 10.0 Å². The van der Waals surface area contributed by atoms with Crippen LogP contribution in [0.15, 0.2) is 0 Å². The zero-order chi connectivity index (χ0) is 10.0. The van der Waals surface area contributed by atoms with Crippen LogP contribution in [0.1, 0.15) is 25.7 Å². The molecule has 1 aliphatic heterocycles. The molecular formula is C11H20BrNO. The molecule has 0 aromatic rings. The van der Waals surface area contributed by atoms with Gasteiger partial charge in [-0.1, -0.05) is 15.9 Å². The van der Waals surface area contributed by atoms with Crippen LogP contribution in [0.4, 0.5) is 0 Å². The van der Waals surface area contributed by atoms with E-state index in [-0.39, 0.29) is 0 Å². The van der Waals surface area contributed by atoms with Crippen LogP contribution in [0.25, 0.3) is 0 Å². The predicted molar refractivity (Wildman–Crippen MR) is 61.7 cm³/mol. The standard InChI is InChI=1S/C11H20BrNO/c12-8-10-1-2-11(7-10)3-4-13(9-11)5-6-14/h10,14H,1-9H2/t10-,11+/m0/s1. The Kier molecular flexibility index (Phi) is 3.50. The largest absolute Gasteiger partial charge is 0.395 e. The molecule has 2 fully saturated rings. The fourth-order valence-electron chi connectivity index (χ4n) is 3.19. The number of nitrogens with zero attached hydrogens (tertiary/aromatic N) is 1. The first kappa shape index (κ1) is 10.9. The number of halogens is 1. The van der Waals surface area contributed by atoms with Gasteiger partial charge in [0.05, 0.1) is 6.61 Å². The van der Waals surface area contributed by atoms with Crippen molar-refractivity contribution in [2.75, 3.05) is 31.6 Å². The molecule has 0 radical (unpaired) electrons. The quantitative estimate of drug-likeness (QED) is 0.785. The molecule has 0 aromatic carbocycles. The maximum Gasteiger partial charge on any atom is 0.0558 e. The highest BCUT2D eigenvalue weighted by Gasteiger charge is 2.43. The molecule has 0 unspecified atom stereocenters. The second-order valence-electron chi connectivity index (χ2n) is 5.01. The molecule has 0 amide bonds. The Balaban J connectivity index is 1.87. The summed E-state index contributed by atoms with van der Waals surface area (Å²) in [4.78, 5) is 2.43. The number of hydrogen-bond acceptors (Lipinski definition) is 2. The number of likely N-dealkylation sites (tertiary alicyclic amines) is 1. The monoisotopic (exact) mass is 261 g/mol. The van der Waals surface area contributed by atoms with Gasteiger partial charge in [-0.3, -0.25) is 0 Å². The summed E-state index contributed by atoms with van der Waals surface area (Å²) in [6, 6.07) is 0. The Morgan fingerprint density at radius 1 is 1.43 bits per heavy atom. The van der Waals surface area contributed by atoms with Crippen LogP contribution in [0.3, 0.4) is 0 Å². The number of aliphatic hydroxyl groups excluding tert-OH is 1. The maximum absolute atomic E-state index is 8.91. The molecule has 1 N–H and O–H groups in total. The molecule has 1 saturated heterocycles. The van der Waals surface area contributed by atoms with Crippen LogP contribution < -0.4 is 0 Å². The minimum Gasteiger partial charge on any atom is -0.395 e. The zero-order valence-corrected chi connectivity index (χ0v) is 10.3. The minimum atomic E-state index is 0.317. The van der Waals surface area contributed by atoms with Crippen molar-refractivity contribution in [1.82, 2.24) is 4.90 Å². The normalized spacial score (nSPS) is 38.6. The summed E-state index contributed by atoms with van der Waals surface area (Å²) in [6.45, 7) is 3.63. The molecule has 0 bridgehead atoms. The lowest BCUT2D eigenvalue weighted by atomic mass is 9.85. The van der Waals surface area contributed by atoms with Gasteiger partial charge in [-0.25, -0.2) is 0 Å². The van der Waals surface area contributed by atoms with Crippen molar-refractivity contribution in [1.29, 1.82) is 0 Å². The van der Waals surface area contributed by atoms with Gasteiger partial charge in [-0.15, -0.1) is 0 Å². The number of rotatable bonds is 3. The molecule has 1 saturated carbocycles. The Morgan fingerprint density at radius 3 is 2.93 bits per heavy atom. The average Bonchev–Trinajstić information content (AvgIpc) is 2.76. The van der Waals surface area contributed by atoms with E-state index in [4.69, 9.17) is 5.11 Å². The van der Waals surface area contributed by atoms with E-state index in [0.717, 1.165) is 12.5 Å². The van der Waals surface area contributed by atoms with Crippen molar-refractivity contribution in [2.24, 2.45) is 11.3 Å². The Morgan fingerprint density at radius 2 is 2.29 bits per heavy atom. The summed E-state index contributed by atoms with van der Waals surface area (Å²) in [5.74, 6) is 0.907. The van der Waals surface area contributed by atoms with Gasteiger partial charge in [0, 0.05) is 18.4 Å². The number of aliphatic hydroxyl groups is 1. The lowest BCUT2D eigenvalue weighted by Crippen LogP contribution is -2.27. The van der Waals surface area contributed by atoms with Gasteiger partial charge in [0.15, 0.2) is 0 Å². The average molecular weight is 262 g/mol. The number of β-amino-alcohol motifs (C(OH)–C–C–N with tert-alkyl or cyclic N) is 1. The van der Waals surface area contributed by atoms with Crippen LogP contribution in [-0.2, 0) is 0 Å². The van der Waals surface area contributed by atoms with Crippen molar-refractivity contribution in [3.8, 4) is 0 Å². The van der Waals surface area contributed by atoms with Crippen LogP contribution >= 0.6 is 15.9 Å². The summed E-state index contributed by atoms with van der Waals surface area (Å²) in [5.41, 5.74) is 0.619. The van der Waals surface area contributed by atoms with Crippen LogP contribution in [-0.4, -0.2) is 41.6 Å². The highest BCUT2D eigenvalue weighted by atomic mass is 79.9. The highest BCUT2D eigenvalue weighted by Crippen LogP contribution is 2.48. The van der Waals surface area contributed by atoms with Gasteiger partial charge in [-0.2, -0.15) is 0 Å². The van der Waals surface area contributed by atoms with Gasteiger partial charge >= 0.3 is 0 Å². The summed E-state index contributed by atoms with van der Waals surface area (Å²) in [5, 5.41) is 10.1. The smallest absolute Gasteiger partial charge is 0.0558 e.